The van der Waals surface area contributed by atoms with Gasteiger partial charge in [-0.1, -0.05) is 30.3 Å². The lowest BCUT2D eigenvalue weighted by Crippen LogP contribution is -2.47. The van der Waals surface area contributed by atoms with Crippen LogP contribution >= 0.6 is 0 Å². The molecule has 1 aromatic rings. The third kappa shape index (κ3) is 4.83. The van der Waals surface area contributed by atoms with Gasteiger partial charge in [0.05, 0.1) is 12.6 Å². The van der Waals surface area contributed by atoms with E-state index in [0.717, 1.165) is 24.9 Å². The minimum absolute atomic E-state index is 0.142. The maximum absolute atomic E-state index is 12.6. The van der Waals surface area contributed by atoms with Gasteiger partial charge in [-0.3, -0.25) is 9.69 Å². The smallest absolute Gasteiger partial charge is 0.237 e. The molecule has 1 fully saturated rings. The Hall–Kier alpha value is -1.39. The van der Waals surface area contributed by atoms with Crippen LogP contribution in [0, 0.1) is 0 Å². The maximum Gasteiger partial charge on any atom is 0.237 e. The number of carbonyl (C=O) groups excluding carboxylic acids is 1. The van der Waals surface area contributed by atoms with Crippen LogP contribution in [0.1, 0.15) is 32.3 Å². The molecule has 4 nitrogen and oxygen atoms in total. The van der Waals surface area contributed by atoms with Crippen LogP contribution in [0.5, 0.6) is 0 Å². The molecule has 0 aliphatic carbocycles. The Labute approximate surface area is 127 Å². The molecule has 0 spiro atoms. The molecule has 1 saturated heterocycles. The minimum Gasteiger partial charge on any atom is -0.392 e. The lowest BCUT2D eigenvalue weighted by molar-refractivity contribution is -0.135. The van der Waals surface area contributed by atoms with Crippen molar-refractivity contribution in [2.24, 2.45) is 0 Å². The van der Waals surface area contributed by atoms with Gasteiger partial charge in [0.1, 0.15) is 0 Å². The van der Waals surface area contributed by atoms with E-state index in [-0.39, 0.29) is 18.1 Å². The fraction of sp³-hybridized carbons (Fsp3) is 0.588. The zero-order chi connectivity index (χ0) is 15.2. The predicted molar refractivity (Wildman–Crippen MR) is 83.8 cm³/mol. The largest absolute Gasteiger partial charge is 0.392 e. The number of benzene rings is 1. The highest BCUT2D eigenvalue weighted by atomic mass is 16.3. The number of aliphatic hydroxyl groups is 1. The van der Waals surface area contributed by atoms with Crippen LogP contribution in [0.4, 0.5) is 0 Å². The second-order valence-electron chi connectivity index (χ2n) is 6.13. The van der Waals surface area contributed by atoms with Gasteiger partial charge in [-0.25, -0.2) is 0 Å². The summed E-state index contributed by atoms with van der Waals surface area (Å²) in [5.74, 6) is 0.142. The van der Waals surface area contributed by atoms with Crippen molar-refractivity contribution in [2.75, 3.05) is 19.6 Å². The highest BCUT2D eigenvalue weighted by Crippen LogP contribution is 2.12. The zero-order valence-corrected chi connectivity index (χ0v) is 13.0. The summed E-state index contributed by atoms with van der Waals surface area (Å²) in [6.45, 7) is 6.66. The molecule has 21 heavy (non-hydrogen) atoms. The summed E-state index contributed by atoms with van der Waals surface area (Å²) in [6, 6.07) is 10.3. The summed E-state index contributed by atoms with van der Waals surface area (Å²) in [6.07, 6.45) is 1.53. The first-order chi connectivity index (χ1) is 10.1. The number of hydrogen-bond donors (Lipinski definition) is 1. The van der Waals surface area contributed by atoms with Gasteiger partial charge >= 0.3 is 0 Å². The van der Waals surface area contributed by atoms with Crippen molar-refractivity contribution >= 4 is 5.91 Å². The second kappa shape index (κ2) is 7.57. The molecule has 1 aromatic carbocycles. The summed E-state index contributed by atoms with van der Waals surface area (Å²) in [4.78, 5) is 16.5. The number of piperidine rings is 1. The van der Waals surface area contributed by atoms with Crippen molar-refractivity contribution in [3.63, 3.8) is 0 Å². The number of aliphatic hydroxyl groups excluding tert-OH is 1. The molecule has 1 atom stereocenters. The Morgan fingerprint density at radius 3 is 2.71 bits per heavy atom. The van der Waals surface area contributed by atoms with Crippen LogP contribution in [0.25, 0.3) is 0 Å². The molecule has 2 rings (SSSR count). The molecule has 1 aliphatic rings. The molecule has 1 unspecified atom stereocenters. The van der Waals surface area contributed by atoms with Gasteiger partial charge in [0, 0.05) is 19.1 Å². The van der Waals surface area contributed by atoms with E-state index in [1.54, 1.807) is 0 Å². The average molecular weight is 290 g/mol. The van der Waals surface area contributed by atoms with Crippen LogP contribution in [-0.4, -0.2) is 52.6 Å². The zero-order valence-electron chi connectivity index (χ0n) is 13.0. The Morgan fingerprint density at radius 1 is 1.38 bits per heavy atom. The maximum atomic E-state index is 12.6. The number of carbonyl (C=O) groups is 1. The normalized spacial score (nSPS) is 19.7. The van der Waals surface area contributed by atoms with Crippen molar-refractivity contribution < 1.29 is 9.90 Å². The van der Waals surface area contributed by atoms with Crippen LogP contribution < -0.4 is 0 Å². The Bertz CT molecular complexity index is 447. The molecule has 0 radical (unpaired) electrons. The molecule has 116 valence electrons. The fourth-order valence-electron chi connectivity index (χ4n) is 2.80. The highest BCUT2D eigenvalue weighted by molar-refractivity contribution is 5.78. The molecule has 0 aromatic heterocycles. The molecule has 1 amide bonds. The number of likely N-dealkylation sites (tertiary alicyclic amines) is 1. The van der Waals surface area contributed by atoms with Gasteiger partial charge in [-0.05, 0) is 38.8 Å². The summed E-state index contributed by atoms with van der Waals surface area (Å²) in [5, 5.41) is 9.71. The Balaban J connectivity index is 1.95. The number of β-amino-alcohol motifs (C(OH)–C–C–N with tert-alkyl or cyclic N) is 1. The molecule has 0 bridgehead atoms. The fourth-order valence-corrected chi connectivity index (χ4v) is 2.80. The Morgan fingerprint density at radius 2 is 2.10 bits per heavy atom. The number of hydrogen-bond acceptors (Lipinski definition) is 3. The van der Waals surface area contributed by atoms with E-state index in [4.69, 9.17) is 0 Å². The van der Waals surface area contributed by atoms with Crippen molar-refractivity contribution in [2.45, 2.75) is 45.4 Å². The summed E-state index contributed by atoms with van der Waals surface area (Å²) in [5.41, 5.74) is 1.15. The number of nitrogens with zero attached hydrogens (tertiary/aromatic N) is 2. The van der Waals surface area contributed by atoms with Crippen LogP contribution in [0.15, 0.2) is 30.3 Å². The molecular formula is C17H26N2O2. The van der Waals surface area contributed by atoms with E-state index in [0.29, 0.717) is 19.6 Å². The highest BCUT2D eigenvalue weighted by Gasteiger charge is 2.23. The van der Waals surface area contributed by atoms with Gasteiger partial charge in [0.2, 0.25) is 5.91 Å². The van der Waals surface area contributed by atoms with Crippen molar-refractivity contribution in [3.05, 3.63) is 35.9 Å². The second-order valence-corrected chi connectivity index (χ2v) is 6.13. The van der Waals surface area contributed by atoms with E-state index in [1.165, 1.54) is 0 Å². The predicted octanol–water partition coefficient (Wildman–Crippen LogP) is 1.88. The van der Waals surface area contributed by atoms with E-state index < -0.39 is 0 Å². The van der Waals surface area contributed by atoms with E-state index >= 15 is 0 Å². The van der Waals surface area contributed by atoms with Gasteiger partial charge in [0.25, 0.3) is 0 Å². The molecular weight excluding hydrogens is 264 g/mol. The van der Waals surface area contributed by atoms with Gasteiger partial charge in [-0.2, -0.15) is 0 Å². The van der Waals surface area contributed by atoms with Gasteiger partial charge in [-0.15, -0.1) is 0 Å². The monoisotopic (exact) mass is 290 g/mol. The van der Waals surface area contributed by atoms with E-state index in [2.05, 4.69) is 4.90 Å². The summed E-state index contributed by atoms with van der Waals surface area (Å²) in [7, 11) is 0. The molecule has 1 heterocycles. The number of amides is 1. The first kappa shape index (κ1) is 16.0. The van der Waals surface area contributed by atoms with Gasteiger partial charge < -0.3 is 10.0 Å². The van der Waals surface area contributed by atoms with Crippen molar-refractivity contribution in [1.82, 2.24) is 9.80 Å². The van der Waals surface area contributed by atoms with Crippen LogP contribution in [-0.2, 0) is 11.3 Å². The summed E-state index contributed by atoms with van der Waals surface area (Å²) < 4.78 is 0. The van der Waals surface area contributed by atoms with Crippen LogP contribution in [0.3, 0.4) is 0 Å². The first-order valence-corrected chi connectivity index (χ1v) is 7.80. The molecule has 0 saturated carbocycles. The van der Waals surface area contributed by atoms with E-state index in [1.807, 2.05) is 49.1 Å². The average Bonchev–Trinajstić information content (AvgIpc) is 2.45. The van der Waals surface area contributed by atoms with Crippen LogP contribution in [0.2, 0.25) is 0 Å². The molecule has 1 N–H and O–H groups in total. The van der Waals surface area contributed by atoms with Crippen molar-refractivity contribution in [1.29, 1.82) is 0 Å². The van der Waals surface area contributed by atoms with E-state index in [9.17, 15) is 9.90 Å². The quantitative estimate of drug-likeness (QED) is 0.900. The first-order valence-electron chi connectivity index (χ1n) is 7.80. The molecule has 4 heteroatoms. The number of rotatable bonds is 5. The third-order valence-electron chi connectivity index (χ3n) is 3.98. The summed E-state index contributed by atoms with van der Waals surface area (Å²) >= 11 is 0. The topological polar surface area (TPSA) is 43.8 Å². The Kier molecular flexibility index (Phi) is 5.76. The molecule has 1 aliphatic heterocycles. The third-order valence-corrected chi connectivity index (χ3v) is 3.98. The van der Waals surface area contributed by atoms with Crippen molar-refractivity contribution in [3.8, 4) is 0 Å². The lowest BCUT2D eigenvalue weighted by atomic mass is 10.1. The SMILES string of the molecule is CC(C)N(Cc1ccccc1)C(=O)CN1CCCC(O)C1. The minimum atomic E-state index is -0.284. The standard InChI is InChI=1S/C17H26N2O2/c1-14(2)19(11-15-7-4-3-5-8-15)17(21)13-18-10-6-9-16(20)12-18/h3-5,7-8,14,16,20H,6,9-13H2,1-2H3. The lowest BCUT2D eigenvalue weighted by Gasteiger charge is -2.33. The van der Waals surface area contributed by atoms with Gasteiger partial charge in [0.15, 0.2) is 0 Å².